The Hall–Kier alpha value is -3.85. The third-order valence-electron chi connectivity index (χ3n) is 5.12. The van der Waals surface area contributed by atoms with Crippen molar-refractivity contribution in [2.45, 2.75) is 20.3 Å². The molecular formula is C24H23N3O5S. The highest BCUT2D eigenvalue weighted by molar-refractivity contribution is 7.17. The van der Waals surface area contributed by atoms with E-state index in [1.54, 1.807) is 25.1 Å². The van der Waals surface area contributed by atoms with Crippen molar-refractivity contribution in [2.24, 2.45) is 5.10 Å². The largest absolute Gasteiger partial charge is 0.504 e. The number of aryl methyl sites for hydroxylation is 2. The van der Waals surface area contributed by atoms with Crippen LogP contribution in [0.15, 0.2) is 52.0 Å². The lowest BCUT2D eigenvalue weighted by Crippen LogP contribution is -2.08. The Labute approximate surface area is 194 Å². The number of benzene rings is 2. The highest BCUT2D eigenvalue weighted by Crippen LogP contribution is 2.32. The third kappa shape index (κ3) is 4.54. The SMILES string of the molecule is CCc1ccc2oc(-c3ccc(O)c(OC)c3)cc(=NNc3nc(C)c(C(=O)OC)s3)c2c1. The van der Waals surface area contributed by atoms with Crippen molar-refractivity contribution in [2.75, 3.05) is 19.6 Å². The molecule has 2 aromatic carbocycles. The number of hydrogen-bond donors (Lipinski definition) is 2. The maximum Gasteiger partial charge on any atom is 0.350 e. The number of aromatic nitrogens is 1. The van der Waals surface area contributed by atoms with Gasteiger partial charge >= 0.3 is 5.97 Å². The summed E-state index contributed by atoms with van der Waals surface area (Å²) in [5.41, 5.74) is 6.05. The number of thiazole rings is 1. The molecule has 33 heavy (non-hydrogen) atoms. The van der Waals surface area contributed by atoms with Gasteiger partial charge in [0.1, 0.15) is 16.2 Å². The van der Waals surface area contributed by atoms with Crippen LogP contribution in [0.1, 0.15) is 27.9 Å². The predicted octanol–water partition coefficient (Wildman–Crippen LogP) is 4.86. The van der Waals surface area contributed by atoms with E-state index in [4.69, 9.17) is 13.9 Å². The van der Waals surface area contributed by atoms with E-state index in [0.717, 1.165) is 22.9 Å². The molecule has 0 aliphatic rings. The van der Waals surface area contributed by atoms with Crippen LogP contribution in [0.25, 0.3) is 22.3 Å². The normalized spacial score (nSPS) is 11.6. The van der Waals surface area contributed by atoms with Crippen molar-refractivity contribution in [3.63, 3.8) is 0 Å². The van der Waals surface area contributed by atoms with Gasteiger partial charge in [-0.1, -0.05) is 24.3 Å². The topological polar surface area (TPSA) is 106 Å². The third-order valence-corrected chi connectivity index (χ3v) is 6.16. The zero-order chi connectivity index (χ0) is 23.5. The number of nitrogens with one attached hydrogen (secondary N) is 1. The number of rotatable bonds is 6. The van der Waals surface area contributed by atoms with Crippen molar-refractivity contribution >= 4 is 33.4 Å². The number of hydrogen-bond acceptors (Lipinski definition) is 9. The summed E-state index contributed by atoms with van der Waals surface area (Å²) >= 11 is 1.17. The highest BCUT2D eigenvalue weighted by atomic mass is 32.1. The van der Waals surface area contributed by atoms with Crippen LogP contribution in [0.3, 0.4) is 0 Å². The van der Waals surface area contributed by atoms with E-state index in [0.29, 0.717) is 38.2 Å². The number of fused-ring (bicyclic) bond motifs is 1. The summed E-state index contributed by atoms with van der Waals surface area (Å²) in [7, 11) is 2.83. The lowest BCUT2D eigenvalue weighted by molar-refractivity contribution is 0.0605. The maximum absolute atomic E-state index is 11.9. The molecular weight excluding hydrogens is 442 g/mol. The monoisotopic (exact) mass is 465 g/mol. The van der Waals surface area contributed by atoms with Crippen molar-refractivity contribution in [3.05, 3.63) is 64.0 Å². The number of carbonyl (C=O) groups is 1. The number of ether oxygens (including phenoxy) is 2. The molecule has 0 fully saturated rings. The first-order valence-electron chi connectivity index (χ1n) is 10.2. The van der Waals surface area contributed by atoms with E-state index >= 15 is 0 Å². The summed E-state index contributed by atoms with van der Waals surface area (Å²) in [6, 6.07) is 12.8. The second-order valence-corrected chi connectivity index (χ2v) is 8.21. The molecule has 0 unspecified atom stereocenters. The molecule has 8 nitrogen and oxygen atoms in total. The van der Waals surface area contributed by atoms with Gasteiger partial charge in [-0.25, -0.2) is 9.78 Å². The van der Waals surface area contributed by atoms with Crippen LogP contribution in [0.5, 0.6) is 11.5 Å². The molecule has 0 atom stereocenters. The molecule has 2 heterocycles. The number of nitrogens with zero attached hydrogens (tertiary/aromatic N) is 2. The Balaban J connectivity index is 1.84. The summed E-state index contributed by atoms with van der Waals surface area (Å²) in [6.45, 7) is 3.83. The average molecular weight is 466 g/mol. The van der Waals surface area contributed by atoms with E-state index in [9.17, 15) is 9.90 Å². The minimum atomic E-state index is -0.432. The standard InChI is InChI=1S/C24H23N3O5S/c1-5-14-6-9-19-16(10-14)17(26-27-24-25-13(2)22(33-24)23(29)31-4)12-20(32-19)15-7-8-18(28)21(11-15)30-3/h6-12,28H,5H2,1-4H3,(H,25,27). The fourth-order valence-electron chi connectivity index (χ4n) is 3.34. The number of carbonyl (C=O) groups excluding carboxylic acids is 1. The van der Waals surface area contributed by atoms with Crippen molar-refractivity contribution in [1.29, 1.82) is 0 Å². The molecule has 2 aromatic heterocycles. The van der Waals surface area contributed by atoms with Crippen LogP contribution in [-0.2, 0) is 11.2 Å². The second-order valence-electron chi connectivity index (χ2n) is 7.22. The fraction of sp³-hybridized carbons (Fsp3) is 0.208. The Morgan fingerprint density at radius 2 is 2.03 bits per heavy atom. The van der Waals surface area contributed by atoms with Gasteiger partial charge in [0.2, 0.25) is 5.13 Å². The average Bonchev–Trinajstić information content (AvgIpc) is 3.22. The van der Waals surface area contributed by atoms with Crippen molar-refractivity contribution < 1.29 is 23.8 Å². The quantitative estimate of drug-likeness (QED) is 0.309. The highest BCUT2D eigenvalue weighted by Gasteiger charge is 2.15. The second kappa shape index (κ2) is 9.33. The number of esters is 1. The van der Waals surface area contributed by atoms with Gasteiger partial charge in [0.25, 0.3) is 0 Å². The Bertz CT molecular complexity index is 1410. The van der Waals surface area contributed by atoms with Crippen molar-refractivity contribution in [3.8, 4) is 22.8 Å². The summed E-state index contributed by atoms with van der Waals surface area (Å²) < 4.78 is 16.2. The number of phenols is 1. The zero-order valence-corrected chi connectivity index (χ0v) is 19.4. The molecule has 0 aliphatic heterocycles. The first-order chi connectivity index (χ1) is 15.9. The Morgan fingerprint density at radius 3 is 2.76 bits per heavy atom. The summed E-state index contributed by atoms with van der Waals surface area (Å²) in [4.78, 5) is 16.7. The Kier molecular flexibility index (Phi) is 6.32. The molecule has 0 spiro atoms. The van der Waals surface area contributed by atoms with Gasteiger partial charge in [0.05, 0.1) is 25.3 Å². The number of anilines is 1. The van der Waals surface area contributed by atoms with Gasteiger partial charge in [0.15, 0.2) is 11.5 Å². The molecule has 2 N–H and O–H groups in total. The van der Waals surface area contributed by atoms with Crippen LogP contribution in [0, 0.1) is 6.92 Å². The van der Waals surface area contributed by atoms with Gasteiger partial charge in [-0.2, -0.15) is 5.10 Å². The molecule has 4 rings (SSSR count). The first kappa shape index (κ1) is 22.3. The Morgan fingerprint density at radius 1 is 1.21 bits per heavy atom. The van der Waals surface area contributed by atoms with E-state index < -0.39 is 5.97 Å². The zero-order valence-electron chi connectivity index (χ0n) is 18.6. The van der Waals surface area contributed by atoms with Crippen LogP contribution < -0.4 is 15.5 Å². The summed E-state index contributed by atoms with van der Waals surface area (Å²) in [6.07, 6.45) is 0.869. The van der Waals surface area contributed by atoms with Gasteiger partial charge in [-0.3, -0.25) is 5.43 Å². The van der Waals surface area contributed by atoms with Crippen LogP contribution in [-0.4, -0.2) is 30.3 Å². The maximum atomic E-state index is 11.9. The number of aromatic hydroxyl groups is 1. The van der Waals surface area contributed by atoms with Crippen LogP contribution >= 0.6 is 11.3 Å². The smallest absolute Gasteiger partial charge is 0.350 e. The molecule has 0 amide bonds. The molecule has 9 heteroatoms. The van der Waals surface area contributed by atoms with Gasteiger partial charge in [-0.15, -0.1) is 0 Å². The number of methoxy groups -OCH3 is 2. The van der Waals surface area contributed by atoms with E-state index in [1.165, 1.54) is 25.6 Å². The molecule has 0 saturated heterocycles. The summed E-state index contributed by atoms with van der Waals surface area (Å²) in [5.74, 6) is 0.505. The predicted molar refractivity (Wildman–Crippen MR) is 127 cm³/mol. The summed E-state index contributed by atoms with van der Waals surface area (Å²) in [5, 5.41) is 16.5. The van der Waals surface area contributed by atoms with Crippen LogP contribution in [0.4, 0.5) is 5.13 Å². The fourth-order valence-corrected chi connectivity index (χ4v) is 4.16. The first-order valence-corrected chi connectivity index (χ1v) is 11.0. The van der Waals surface area contributed by atoms with E-state index in [2.05, 4.69) is 22.4 Å². The van der Waals surface area contributed by atoms with Gasteiger partial charge in [0, 0.05) is 17.0 Å². The van der Waals surface area contributed by atoms with Gasteiger partial charge < -0.3 is 19.0 Å². The molecule has 0 bridgehead atoms. The minimum Gasteiger partial charge on any atom is -0.504 e. The van der Waals surface area contributed by atoms with Crippen molar-refractivity contribution in [1.82, 2.24) is 4.98 Å². The molecule has 0 radical (unpaired) electrons. The van der Waals surface area contributed by atoms with E-state index in [-0.39, 0.29) is 5.75 Å². The van der Waals surface area contributed by atoms with Crippen LogP contribution in [0.2, 0.25) is 0 Å². The van der Waals surface area contributed by atoms with E-state index in [1.807, 2.05) is 24.3 Å². The lowest BCUT2D eigenvalue weighted by atomic mass is 10.1. The molecule has 4 aromatic rings. The molecule has 0 aliphatic carbocycles. The van der Waals surface area contributed by atoms with Gasteiger partial charge in [-0.05, 0) is 49.2 Å². The lowest BCUT2D eigenvalue weighted by Gasteiger charge is -2.09. The molecule has 170 valence electrons. The minimum absolute atomic E-state index is 0.0433. The number of phenolic OH excluding ortho intramolecular Hbond substituents is 1. The molecule has 0 saturated carbocycles.